The minimum absolute atomic E-state index is 0.144. The summed E-state index contributed by atoms with van der Waals surface area (Å²) in [5, 5.41) is 3.07. The molecule has 2 N–H and O–H groups in total. The molecule has 0 atom stereocenters. The molecule has 0 amide bonds. The number of aromatic amines is 1. The fourth-order valence-electron chi connectivity index (χ4n) is 1.18. The third-order valence-corrected chi connectivity index (χ3v) is 2.54. The molecular formula is C9H10N4OS. The molecule has 5 nitrogen and oxygen atoms in total. The number of rotatable bonds is 3. The summed E-state index contributed by atoms with van der Waals surface area (Å²) < 4.78 is 3.98. The minimum Gasteiger partial charge on any atom is -0.365 e. The van der Waals surface area contributed by atoms with Gasteiger partial charge in [-0.3, -0.25) is 4.79 Å². The average Bonchev–Trinajstić information content (AvgIpc) is 2.65. The first kappa shape index (κ1) is 9.85. The summed E-state index contributed by atoms with van der Waals surface area (Å²) in [5.41, 5.74) is -0.144. The summed E-state index contributed by atoms with van der Waals surface area (Å²) in [6.07, 6.45) is 1.75. The van der Waals surface area contributed by atoms with E-state index < -0.39 is 0 Å². The van der Waals surface area contributed by atoms with E-state index in [0.717, 1.165) is 4.88 Å². The largest absolute Gasteiger partial charge is 0.365 e. The molecule has 0 aliphatic carbocycles. The Labute approximate surface area is 90.4 Å². The van der Waals surface area contributed by atoms with Gasteiger partial charge in [0, 0.05) is 17.1 Å². The number of nitrogens with zero attached hydrogens (tertiary/aromatic N) is 2. The molecule has 6 heteroatoms. The highest BCUT2D eigenvalue weighted by Gasteiger charge is 1.98. The maximum Gasteiger partial charge on any atom is 0.252 e. The normalized spacial score (nSPS) is 10.2. The Morgan fingerprint density at radius 1 is 1.60 bits per heavy atom. The van der Waals surface area contributed by atoms with Gasteiger partial charge in [-0.1, -0.05) is 0 Å². The monoisotopic (exact) mass is 222 g/mol. The predicted octanol–water partition coefficient (Wildman–Crippen LogP) is 1.15. The van der Waals surface area contributed by atoms with Crippen molar-refractivity contribution in [2.45, 2.75) is 13.5 Å². The first-order valence-electron chi connectivity index (χ1n) is 4.45. The standard InChI is InChI=1S/C9H10N4OS/c1-6-12-8(4-9(14)13-6)10-5-7-2-3-11-15-7/h2-4H,5H2,1H3,(H2,10,12,13,14). The Hall–Kier alpha value is -1.69. The summed E-state index contributed by atoms with van der Waals surface area (Å²) >= 11 is 1.42. The van der Waals surface area contributed by atoms with Crippen molar-refractivity contribution in [1.29, 1.82) is 0 Å². The van der Waals surface area contributed by atoms with Gasteiger partial charge in [-0.2, -0.15) is 0 Å². The Bertz CT molecular complexity index is 491. The van der Waals surface area contributed by atoms with Crippen molar-refractivity contribution in [1.82, 2.24) is 14.3 Å². The van der Waals surface area contributed by atoms with Crippen molar-refractivity contribution < 1.29 is 0 Å². The topological polar surface area (TPSA) is 70.7 Å². The van der Waals surface area contributed by atoms with E-state index in [1.165, 1.54) is 17.6 Å². The molecule has 0 aliphatic rings. The molecule has 0 bridgehead atoms. The summed E-state index contributed by atoms with van der Waals surface area (Å²) in [6, 6.07) is 3.37. The number of hydrogen-bond acceptors (Lipinski definition) is 5. The zero-order valence-corrected chi connectivity index (χ0v) is 8.97. The second kappa shape index (κ2) is 4.22. The molecule has 2 heterocycles. The lowest BCUT2D eigenvalue weighted by Gasteiger charge is -2.03. The third-order valence-electron chi connectivity index (χ3n) is 1.80. The molecule has 2 aromatic rings. The van der Waals surface area contributed by atoms with E-state index in [0.29, 0.717) is 18.2 Å². The quantitative estimate of drug-likeness (QED) is 0.817. The van der Waals surface area contributed by atoms with Crippen LogP contribution in [0.1, 0.15) is 10.7 Å². The summed E-state index contributed by atoms with van der Waals surface area (Å²) in [6.45, 7) is 2.39. The lowest BCUT2D eigenvalue weighted by atomic mass is 10.4. The van der Waals surface area contributed by atoms with Crippen LogP contribution in [0.3, 0.4) is 0 Å². The first-order chi connectivity index (χ1) is 7.24. The fourth-order valence-corrected chi connectivity index (χ4v) is 1.70. The molecule has 2 aromatic heterocycles. The van der Waals surface area contributed by atoms with Crippen LogP contribution in [-0.2, 0) is 6.54 Å². The van der Waals surface area contributed by atoms with Gasteiger partial charge in [0.15, 0.2) is 0 Å². The van der Waals surface area contributed by atoms with E-state index in [1.54, 1.807) is 13.1 Å². The van der Waals surface area contributed by atoms with Gasteiger partial charge in [-0.15, -0.1) is 0 Å². The first-order valence-corrected chi connectivity index (χ1v) is 5.23. The molecule has 0 saturated carbocycles. The zero-order chi connectivity index (χ0) is 10.7. The van der Waals surface area contributed by atoms with Crippen LogP contribution in [0, 0.1) is 6.92 Å². The van der Waals surface area contributed by atoms with Crippen LogP contribution in [0.15, 0.2) is 23.1 Å². The van der Waals surface area contributed by atoms with E-state index in [-0.39, 0.29) is 5.56 Å². The lowest BCUT2D eigenvalue weighted by Crippen LogP contribution is -2.11. The molecule has 0 spiro atoms. The van der Waals surface area contributed by atoms with E-state index in [4.69, 9.17) is 0 Å². The average molecular weight is 222 g/mol. The predicted molar refractivity (Wildman–Crippen MR) is 59.0 cm³/mol. The Morgan fingerprint density at radius 3 is 3.13 bits per heavy atom. The number of hydrogen-bond donors (Lipinski definition) is 2. The van der Waals surface area contributed by atoms with E-state index in [1.807, 2.05) is 6.07 Å². The van der Waals surface area contributed by atoms with Crippen molar-refractivity contribution in [3.05, 3.63) is 39.4 Å². The molecule has 0 fully saturated rings. The van der Waals surface area contributed by atoms with Gasteiger partial charge in [0.05, 0.1) is 6.54 Å². The molecule has 0 unspecified atom stereocenters. The Kier molecular flexibility index (Phi) is 2.77. The number of anilines is 1. The maximum absolute atomic E-state index is 11.1. The van der Waals surface area contributed by atoms with E-state index in [9.17, 15) is 4.79 Å². The van der Waals surface area contributed by atoms with Crippen LogP contribution < -0.4 is 10.9 Å². The zero-order valence-electron chi connectivity index (χ0n) is 8.15. The van der Waals surface area contributed by atoms with Gasteiger partial charge < -0.3 is 10.3 Å². The summed E-state index contributed by atoms with van der Waals surface area (Å²) in [5.74, 6) is 1.19. The van der Waals surface area contributed by atoms with Crippen molar-refractivity contribution in [2.75, 3.05) is 5.32 Å². The number of aromatic nitrogens is 3. The highest BCUT2D eigenvalue weighted by Crippen LogP contribution is 2.07. The highest BCUT2D eigenvalue weighted by atomic mass is 32.1. The molecule has 2 rings (SSSR count). The SMILES string of the molecule is Cc1nc(NCc2ccns2)cc(=O)[nH]1. The molecule has 15 heavy (non-hydrogen) atoms. The Balaban J connectivity index is 2.08. The highest BCUT2D eigenvalue weighted by molar-refractivity contribution is 7.05. The fraction of sp³-hybridized carbons (Fsp3) is 0.222. The van der Waals surface area contributed by atoms with Crippen LogP contribution in [0.5, 0.6) is 0 Å². The van der Waals surface area contributed by atoms with E-state index in [2.05, 4.69) is 19.7 Å². The molecule has 78 valence electrons. The van der Waals surface area contributed by atoms with Crippen LogP contribution >= 0.6 is 11.5 Å². The van der Waals surface area contributed by atoms with Crippen molar-refractivity contribution >= 4 is 17.4 Å². The van der Waals surface area contributed by atoms with Crippen LogP contribution in [-0.4, -0.2) is 14.3 Å². The van der Waals surface area contributed by atoms with E-state index >= 15 is 0 Å². The third kappa shape index (κ3) is 2.63. The van der Waals surface area contributed by atoms with Gasteiger partial charge in [0.25, 0.3) is 5.56 Å². The lowest BCUT2D eigenvalue weighted by molar-refractivity contribution is 1.00. The van der Waals surface area contributed by atoms with Gasteiger partial charge in [-0.05, 0) is 24.5 Å². The summed E-state index contributed by atoms with van der Waals surface area (Å²) in [4.78, 5) is 19.0. The molecule has 0 radical (unpaired) electrons. The van der Waals surface area contributed by atoms with Gasteiger partial charge in [0.1, 0.15) is 11.6 Å². The minimum atomic E-state index is -0.144. The van der Waals surface area contributed by atoms with Crippen molar-refractivity contribution in [3.63, 3.8) is 0 Å². The number of aryl methyl sites for hydroxylation is 1. The van der Waals surface area contributed by atoms with Gasteiger partial charge in [0.2, 0.25) is 0 Å². The molecule has 0 aromatic carbocycles. The number of nitrogens with one attached hydrogen (secondary N) is 2. The molecule has 0 aliphatic heterocycles. The second-order valence-electron chi connectivity index (χ2n) is 3.05. The summed E-state index contributed by atoms with van der Waals surface area (Å²) in [7, 11) is 0. The number of H-pyrrole nitrogens is 1. The van der Waals surface area contributed by atoms with Crippen molar-refractivity contribution in [2.24, 2.45) is 0 Å². The van der Waals surface area contributed by atoms with Crippen LogP contribution in [0.4, 0.5) is 5.82 Å². The van der Waals surface area contributed by atoms with Crippen LogP contribution in [0.2, 0.25) is 0 Å². The maximum atomic E-state index is 11.1. The Morgan fingerprint density at radius 2 is 2.47 bits per heavy atom. The van der Waals surface area contributed by atoms with Crippen LogP contribution in [0.25, 0.3) is 0 Å². The smallest absolute Gasteiger partial charge is 0.252 e. The molecule has 0 saturated heterocycles. The van der Waals surface area contributed by atoms with Gasteiger partial charge >= 0.3 is 0 Å². The molecular weight excluding hydrogens is 212 g/mol. The van der Waals surface area contributed by atoms with Gasteiger partial charge in [-0.25, -0.2) is 9.36 Å². The second-order valence-corrected chi connectivity index (χ2v) is 3.97. The van der Waals surface area contributed by atoms with Crippen molar-refractivity contribution in [3.8, 4) is 0 Å².